The highest BCUT2D eigenvalue weighted by molar-refractivity contribution is 9.09. The van der Waals surface area contributed by atoms with E-state index in [9.17, 15) is 0 Å². The molecule has 2 rings (SSSR count). The highest BCUT2D eigenvalue weighted by Gasteiger charge is 2.37. The first kappa shape index (κ1) is 15.1. The Kier molecular flexibility index (Phi) is 5.36. The fourth-order valence-corrected chi connectivity index (χ4v) is 7.30. The lowest BCUT2D eigenvalue weighted by molar-refractivity contribution is 0.162. The maximum atomic E-state index is 3.80. The lowest BCUT2D eigenvalue weighted by Gasteiger charge is -2.49. The van der Waals surface area contributed by atoms with E-state index < -0.39 is 8.24 Å². The summed E-state index contributed by atoms with van der Waals surface area (Å²) in [6.07, 6.45) is 13.0. The third kappa shape index (κ3) is 3.83. The molecule has 106 valence electrons. The average Bonchev–Trinajstić information content (AvgIpc) is 2.32. The summed E-state index contributed by atoms with van der Waals surface area (Å²) < 4.78 is 3.03. The summed E-state index contributed by atoms with van der Waals surface area (Å²) in [7, 11) is -1.17. The minimum Gasteiger partial charge on any atom is -0.318 e. The number of hydrogen-bond acceptors (Lipinski definition) is 1. The first-order chi connectivity index (χ1) is 8.48. The first-order valence-electron chi connectivity index (χ1n) is 7.91. The predicted molar refractivity (Wildman–Crippen MR) is 87.0 cm³/mol. The number of nitrogens with zero attached hydrogens (tertiary/aromatic N) is 1. The Labute approximate surface area is 123 Å². The number of rotatable bonds is 3. The van der Waals surface area contributed by atoms with Gasteiger partial charge in [0.2, 0.25) is 0 Å². The van der Waals surface area contributed by atoms with Crippen molar-refractivity contribution in [2.24, 2.45) is 0 Å². The van der Waals surface area contributed by atoms with Gasteiger partial charge in [0, 0.05) is 16.9 Å². The maximum Gasteiger partial charge on any atom is 0.119 e. The van der Waals surface area contributed by atoms with Crippen LogP contribution in [0.1, 0.15) is 57.8 Å². The lowest BCUT2D eigenvalue weighted by atomic mass is 9.91. The van der Waals surface area contributed by atoms with E-state index in [0.29, 0.717) is 0 Å². The van der Waals surface area contributed by atoms with Crippen LogP contribution < -0.4 is 0 Å². The molecule has 0 amide bonds. The van der Waals surface area contributed by atoms with E-state index in [-0.39, 0.29) is 0 Å². The molecular weight excluding hydrogens is 302 g/mol. The van der Waals surface area contributed by atoms with Crippen molar-refractivity contribution in [3.63, 3.8) is 0 Å². The van der Waals surface area contributed by atoms with Gasteiger partial charge in [-0.25, -0.2) is 0 Å². The number of hydrogen-bond donors (Lipinski definition) is 0. The van der Waals surface area contributed by atoms with Crippen LogP contribution in [0.15, 0.2) is 0 Å². The molecule has 2 aliphatic carbocycles. The third-order valence-electron chi connectivity index (χ3n) is 4.76. The highest BCUT2D eigenvalue weighted by Crippen LogP contribution is 2.35. The second kappa shape index (κ2) is 6.40. The van der Waals surface area contributed by atoms with Crippen LogP contribution in [0, 0.1) is 0 Å². The van der Waals surface area contributed by atoms with Gasteiger partial charge in [0.1, 0.15) is 8.24 Å². The SMILES string of the molecule is C[Si](C)(C)N(C1CCCCC1)C1CCC(Br)CC1. The summed E-state index contributed by atoms with van der Waals surface area (Å²) in [6.45, 7) is 7.67. The molecule has 0 aromatic rings. The second-order valence-electron chi connectivity index (χ2n) is 7.28. The molecule has 0 radical (unpaired) electrons. The summed E-state index contributed by atoms with van der Waals surface area (Å²) in [4.78, 5) is 0.795. The van der Waals surface area contributed by atoms with Gasteiger partial charge in [-0.3, -0.25) is 0 Å². The number of alkyl halides is 1. The second-order valence-corrected chi connectivity index (χ2v) is 13.4. The van der Waals surface area contributed by atoms with Crippen molar-refractivity contribution in [2.45, 2.75) is 94.3 Å². The molecule has 0 bridgehead atoms. The van der Waals surface area contributed by atoms with Crippen molar-refractivity contribution in [2.75, 3.05) is 0 Å². The van der Waals surface area contributed by atoms with Crippen molar-refractivity contribution >= 4 is 24.2 Å². The molecule has 2 saturated carbocycles. The van der Waals surface area contributed by atoms with Crippen molar-refractivity contribution in [1.82, 2.24) is 4.57 Å². The lowest BCUT2D eigenvalue weighted by Crippen LogP contribution is -2.58. The van der Waals surface area contributed by atoms with Gasteiger partial charge in [0.25, 0.3) is 0 Å². The first-order valence-corrected chi connectivity index (χ1v) is 12.3. The maximum absolute atomic E-state index is 3.80. The van der Waals surface area contributed by atoms with Crippen molar-refractivity contribution in [3.05, 3.63) is 0 Å². The van der Waals surface area contributed by atoms with E-state index >= 15 is 0 Å². The predicted octanol–water partition coefficient (Wildman–Crippen LogP) is 5.16. The smallest absolute Gasteiger partial charge is 0.119 e. The van der Waals surface area contributed by atoms with Gasteiger partial charge >= 0.3 is 0 Å². The van der Waals surface area contributed by atoms with Gasteiger partial charge < -0.3 is 4.57 Å². The Morgan fingerprint density at radius 1 is 0.778 bits per heavy atom. The van der Waals surface area contributed by atoms with Crippen LogP contribution >= 0.6 is 15.9 Å². The Hall–Kier alpha value is 0.657. The normalized spacial score (nSPS) is 31.8. The van der Waals surface area contributed by atoms with Crippen molar-refractivity contribution in [1.29, 1.82) is 0 Å². The summed E-state index contributed by atoms with van der Waals surface area (Å²) in [6, 6.07) is 1.82. The zero-order valence-corrected chi connectivity index (χ0v) is 15.0. The molecule has 0 spiro atoms. The number of halogens is 1. The molecule has 1 nitrogen and oxygen atoms in total. The molecular formula is C15H30BrNSi. The van der Waals surface area contributed by atoms with Crippen molar-refractivity contribution in [3.8, 4) is 0 Å². The van der Waals surface area contributed by atoms with E-state index in [1.165, 1.54) is 57.8 Å². The highest BCUT2D eigenvalue weighted by atomic mass is 79.9. The van der Waals surface area contributed by atoms with E-state index in [2.05, 4.69) is 40.1 Å². The summed E-state index contributed by atoms with van der Waals surface area (Å²) in [5, 5.41) is 0. The molecule has 2 aliphatic rings. The molecule has 2 fully saturated rings. The molecule has 0 heterocycles. The van der Waals surface area contributed by atoms with Crippen LogP contribution in [0.4, 0.5) is 0 Å². The van der Waals surface area contributed by atoms with Crippen LogP contribution in [-0.4, -0.2) is 29.7 Å². The Balaban J connectivity index is 2.04. The van der Waals surface area contributed by atoms with Crippen LogP contribution in [0.3, 0.4) is 0 Å². The van der Waals surface area contributed by atoms with Crippen LogP contribution in [0.2, 0.25) is 19.6 Å². The van der Waals surface area contributed by atoms with Gasteiger partial charge in [0.15, 0.2) is 0 Å². The molecule has 0 N–H and O–H groups in total. The third-order valence-corrected chi connectivity index (χ3v) is 7.96. The fourth-order valence-electron chi connectivity index (χ4n) is 4.07. The summed E-state index contributed by atoms with van der Waals surface area (Å²) in [5.41, 5.74) is 0. The topological polar surface area (TPSA) is 3.24 Å². The minimum atomic E-state index is -1.17. The summed E-state index contributed by atoms with van der Waals surface area (Å²) in [5.74, 6) is 0. The molecule has 0 aromatic carbocycles. The van der Waals surface area contributed by atoms with Gasteiger partial charge in [0.05, 0.1) is 0 Å². The standard InChI is InChI=1S/C15H30BrNSi/c1-18(2,3)17(14-7-5-4-6-8-14)15-11-9-13(16)10-12-15/h13-15H,4-12H2,1-3H3. The molecule has 0 aliphatic heterocycles. The van der Waals surface area contributed by atoms with Gasteiger partial charge in [-0.2, -0.15) is 0 Å². The van der Waals surface area contributed by atoms with E-state index in [1.54, 1.807) is 0 Å². The van der Waals surface area contributed by atoms with E-state index in [4.69, 9.17) is 0 Å². The molecule has 0 unspecified atom stereocenters. The molecule has 18 heavy (non-hydrogen) atoms. The van der Waals surface area contributed by atoms with Crippen LogP contribution in [-0.2, 0) is 0 Å². The van der Waals surface area contributed by atoms with Gasteiger partial charge in [-0.15, -0.1) is 0 Å². The van der Waals surface area contributed by atoms with E-state index in [1.807, 2.05) is 0 Å². The average molecular weight is 332 g/mol. The Bertz CT molecular complexity index is 250. The van der Waals surface area contributed by atoms with Crippen molar-refractivity contribution < 1.29 is 0 Å². The van der Waals surface area contributed by atoms with Crippen LogP contribution in [0.5, 0.6) is 0 Å². The molecule has 0 saturated heterocycles. The molecule has 3 heteroatoms. The quantitative estimate of drug-likeness (QED) is 0.509. The van der Waals surface area contributed by atoms with E-state index in [0.717, 1.165) is 16.9 Å². The summed E-state index contributed by atoms with van der Waals surface area (Å²) >= 11 is 3.80. The Morgan fingerprint density at radius 2 is 1.28 bits per heavy atom. The van der Waals surface area contributed by atoms with Crippen LogP contribution in [0.25, 0.3) is 0 Å². The molecule has 0 aromatic heterocycles. The minimum absolute atomic E-state index is 0.795. The largest absolute Gasteiger partial charge is 0.318 e. The fraction of sp³-hybridized carbons (Fsp3) is 1.00. The van der Waals surface area contributed by atoms with Gasteiger partial charge in [-0.05, 0) is 38.5 Å². The zero-order valence-electron chi connectivity index (χ0n) is 12.4. The zero-order chi connectivity index (χ0) is 13.2. The monoisotopic (exact) mass is 331 g/mol. The molecule has 0 atom stereocenters. The Morgan fingerprint density at radius 3 is 1.78 bits per heavy atom. The van der Waals surface area contributed by atoms with Gasteiger partial charge in [-0.1, -0.05) is 54.8 Å².